The number of carbonyl (C=O) groups excluding carboxylic acids is 1. The summed E-state index contributed by atoms with van der Waals surface area (Å²) in [7, 11) is 0. The van der Waals surface area contributed by atoms with Gasteiger partial charge in [0.2, 0.25) is 5.91 Å². The fourth-order valence-electron chi connectivity index (χ4n) is 2.71. The van der Waals surface area contributed by atoms with Gasteiger partial charge in [0.25, 0.3) is 0 Å². The Morgan fingerprint density at radius 3 is 2.41 bits per heavy atom. The van der Waals surface area contributed by atoms with Gasteiger partial charge < -0.3 is 10.6 Å². The van der Waals surface area contributed by atoms with Crippen LogP contribution in [0.5, 0.6) is 0 Å². The van der Waals surface area contributed by atoms with Gasteiger partial charge in [0, 0.05) is 19.0 Å². The van der Waals surface area contributed by atoms with Crippen molar-refractivity contribution in [3.63, 3.8) is 0 Å². The van der Waals surface area contributed by atoms with Crippen LogP contribution in [0.15, 0.2) is 12.1 Å². The largest absolute Gasteiger partial charge is 0.323 e. The van der Waals surface area contributed by atoms with E-state index >= 15 is 0 Å². The smallest absolute Gasteiger partial charge is 0.225 e. The Morgan fingerprint density at radius 1 is 1.05 bits per heavy atom. The number of amides is 1. The zero-order valence-electron chi connectivity index (χ0n) is 12.4. The van der Waals surface area contributed by atoms with Crippen LogP contribution in [0.2, 0.25) is 0 Å². The predicted molar refractivity (Wildman–Crippen MR) is 79.1 cm³/mol. The van der Waals surface area contributed by atoms with Crippen LogP contribution in [-0.4, -0.2) is 18.5 Å². The van der Waals surface area contributed by atoms with Crippen LogP contribution >= 0.6 is 0 Å². The minimum Gasteiger partial charge on any atom is -0.323 e. The molecule has 1 saturated carbocycles. The Labute approximate surface area is 128 Å². The molecule has 0 heterocycles. The number of anilines is 1. The topological polar surface area (TPSA) is 41.1 Å². The third-order valence-corrected chi connectivity index (χ3v) is 3.95. The Morgan fingerprint density at radius 2 is 1.73 bits per heavy atom. The van der Waals surface area contributed by atoms with Gasteiger partial charge in [-0.2, -0.15) is 0 Å². The van der Waals surface area contributed by atoms with Crippen LogP contribution in [0.25, 0.3) is 0 Å². The maximum absolute atomic E-state index is 13.4. The average Bonchev–Trinajstić information content (AvgIpc) is 2.77. The second kappa shape index (κ2) is 8.17. The van der Waals surface area contributed by atoms with E-state index < -0.39 is 23.4 Å². The molecule has 0 aromatic heterocycles. The summed E-state index contributed by atoms with van der Waals surface area (Å²) in [5, 5.41) is 5.59. The van der Waals surface area contributed by atoms with Crippen molar-refractivity contribution in [2.75, 3.05) is 11.9 Å². The molecule has 1 aliphatic carbocycles. The fourth-order valence-corrected chi connectivity index (χ4v) is 2.71. The molecule has 1 aromatic carbocycles. The molecule has 0 atom stereocenters. The first-order valence-corrected chi connectivity index (χ1v) is 7.74. The van der Waals surface area contributed by atoms with Gasteiger partial charge in [0.15, 0.2) is 17.5 Å². The minimum absolute atomic E-state index is 0.162. The molecule has 0 spiro atoms. The maximum Gasteiger partial charge on any atom is 0.225 e. The lowest BCUT2D eigenvalue weighted by Crippen LogP contribution is -2.31. The molecule has 22 heavy (non-hydrogen) atoms. The zero-order valence-corrected chi connectivity index (χ0v) is 12.4. The zero-order chi connectivity index (χ0) is 15.9. The normalized spacial score (nSPS) is 16.3. The van der Waals surface area contributed by atoms with E-state index in [0.29, 0.717) is 12.6 Å². The van der Waals surface area contributed by atoms with E-state index in [2.05, 4.69) is 10.6 Å². The van der Waals surface area contributed by atoms with Crippen molar-refractivity contribution in [2.45, 2.75) is 51.0 Å². The van der Waals surface area contributed by atoms with Gasteiger partial charge in [-0.1, -0.05) is 25.7 Å². The Hall–Kier alpha value is -1.56. The Kier molecular flexibility index (Phi) is 6.24. The van der Waals surface area contributed by atoms with E-state index in [4.69, 9.17) is 0 Å². The molecule has 3 nitrogen and oxygen atoms in total. The summed E-state index contributed by atoms with van der Waals surface area (Å²) in [6.07, 6.45) is 7.30. The first kappa shape index (κ1) is 16.8. The molecule has 2 rings (SSSR count). The summed E-state index contributed by atoms with van der Waals surface area (Å²) in [5.41, 5.74) is -0.335. The van der Waals surface area contributed by atoms with Crippen molar-refractivity contribution >= 4 is 11.6 Å². The second-order valence-electron chi connectivity index (χ2n) is 5.66. The van der Waals surface area contributed by atoms with Crippen LogP contribution in [0, 0.1) is 17.5 Å². The number of nitrogens with one attached hydrogen (secondary N) is 2. The van der Waals surface area contributed by atoms with Crippen LogP contribution in [0.1, 0.15) is 44.9 Å². The van der Waals surface area contributed by atoms with Crippen LogP contribution in [0.3, 0.4) is 0 Å². The van der Waals surface area contributed by atoms with Crippen molar-refractivity contribution in [1.82, 2.24) is 5.32 Å². The number of rotatable bonds is 5. The van der Waals surface area contributed by atoms with Crippen LogP contribution < -0.4 is 10.6 Å². The molecule has 122 valence electrons. The second-order valence-corrected chi connectivity index (χ2v) is 5.66. The highest BCUT2D eigenvalue weighted by molar-refractivity contribution is 5.90. The van der Waals surface area contributed by atoms with E-state index in [1.807, 2.05) is 0 Å². The first-order chi connectivity index (χ1) is 10.6. The number of hydrogen-bond donors (Lipinski definition) is 2. The molecule has 1 aromatic rings. The summed E-state index contributed by atoms with van der Waals surface area (Å²) >= 11 is 0. The third-order valence-electron chi connectivity index (χ3n) is 3.95. The van der Waals surface area contributed by atoms with E-state index in [-0.39, 0.29) is 12.1 Å². The molecule has 0 unspecified atom stereocenters. The average molecular weight is 314 g/mol. The molecular weight excluding hydrogens is 293 g/mol. The summed E-state index contributed by atoms with van der Waals surface area (Å²) < 4.78 is 39.3. The lowest BCUT2D eigenvalue weighted by molar-refractivity contribution is -0.116. The molecule has 0 aliphatic heterocycles. The number of hydrogen-bond acceptors (Lipinski definition) is 2. The quantitative estimate of drug-likeness (QED) is 0.642. The maximum atomic E-state index is 13.4. The summed E-state index contributed by atoms with van der Waals surface area (Å²) in [6, 6.07) is 2.23. The highest BCUT2D eigenvalue weighted by atomic mass is 19.2. The van der Waals surface area contributed by atoms with E-state index in [1.165, 1.54) is 25.7 Å². The molecule has 6 heteroatoms. The molecule has 0 bridgehead atoms. The summed E-state index contributed by atoms with van der Waals surface area (Å²) in [5.74, 6) is -4.64. The Balaban J connectivity index is 1.77. The molecule has 2 N–H and O–H groups in total. The Bertz CT molecular complexity index is 514. The van der Waals surface area contributed by atoms with Gasteiger partial charge in [-0.25, -0.2) is 13.2 Å². The SMILES string of the molecule is O=C(CCNC1CCCCCC1)Nc1ccc(F)c(F)c1F. The standard InChI is InChI=1S/C16H21F3N2O/c17-12-7-8-13(16(19)15(12)18)21-14(22)9-10-20-11-5-3-1-2-4-6-11/h7-8,11,20H,1-6,9-10H2,(H,21,22). The van der Waals surface area contributed by atoms with Gasteiger partial charge >= 0.3 is 0 Å². The molecule has 1 fully saturated rings. The summed E-state index contributed by atoms with van der Waals surface area (Å²) in [6.45, 7) is 0.488. The lowest BCUT2D eigenvalue weighted by atomic mass is 10.1. The van der Waals surface area contributed by atoms with E-state index in [9.17, 15) is 18.0 Å². The molecule has 1 aliphatic rings. The van der Waals surface area contributed by atoms with E-state index in [1.54, 1.807) is 0 Å². The monoisotopic (exact) mass is 314 g/mol. The van der Waals surface area contributed by atoms with Gasteiger partial charge in [0.05, 0.1) is 5.69 Å². The number of benzene rings is 1. The molecular formula is C16H21F3N2O. The van der Waals surface area contributed by atoms with Crippen molar-refractivity contribution in [1.29, 1.82) is 0 Å². The van der Waals surface area contributed by atoms with Crippen molar-refractivity contribution in [3.05, 3.63) is 29.6 Å². The third kappa shape index (κ3) is 4.73. The summed E-state index contributed by atoms with van der Waals surface area (Å²) in [4.78, 5) is 11.7. The highest BCUT2D eigenvalue weighted by Crippen LogP contribution is 2.20. The van der Waals surface area contributed by atoms with Gasteiger partial charge in [-0.3, -0.25) is 4.79 Å². The minimum atomic E-state index is -1.57. The molecule has 0 radical (unpaired) electrons. The number of carbonyl (C=O) groups is 1. The van der Waals surface area contributed by atoms with Crippen molar-refractivity contribution < 1.29 is 18.0 Å². The van der Waals surface area contributed by atoms with Crippen LogP contribution in [-0.2, 0) is 4.79 Å². The highest BCUT2D eigenvalue weighted by Gasteiger charge is 2.16. The molecule has 1 amide bonds. The lowest BCUT2D eigenvalue weighted by Gasteiger charge is -2.16. The first-order valence-electron chi connectivity index (χ1n) is 7.74. The predicted octanol–water partition coefficient (Wildman–Crippen LogP) is 3.74. The van der Waals surface area contributed by atoms with Crippen molar-refractivity contribution in [3.8, 4) is 0 Å². The van der Waals surface area contributed by atoms with Gasteiger partial charge in [-0.15, -0.1) is 0 Å². The van der Waals surface area contributed by atoms with Crippen LogP contribution in [0.4, 0.5) is 18.9 Å². The van der Waals surface area contributed by atoms with Crippen molar-refractivity contribution in [2.24, 2.45) is 0 Å². The molecule has 0 saturated heterocycles. The van der Waals surface area contributed by atoms with Gasteiger partial charge in [-0.05, 0) is 25.0 Å². The van der Waals surface area contributed by atoms with Gasteiger partial charge in [0.1, 0.15) is 0 Å². The fraction of sp³-hybridized carbons (Fsp3) is 0.562. The number of halogens is 3. The van der Waals surface area contributed by atoms with E-state index in [0.717, 1.165) is 25.0 Å².